The van der Waals surface area contributed by atoms with Crippen molar-refractivity contribution in [2.45, 2.75) is 37.0 Å². The molecule has 152 valence electrons. The van der Waals surface area contributed by atoms with Crippen LogP contribution in [0.1, 0.15) is 59.4 Å². The molecule has 0 bridgehead atoms. The predicted octanol–water partition coefficient (Wildman–Crippen LogP) is 5.02. The minimum Gasteiger partial charge on any atom is -0.496 e. The lowest BCUT2D eigenvalue weighted by Gasteiger charge is -2.33. The number of rotatable bonds is 3. The number of carbonyl (C=O) groups excluding carboxylic acids is 1. The molecule has 2 heterocycles. The number of nitrogens with one attached hydrogen (secondary N) is 1. The second-order valence-electron chi connectivity index (χ2n) is 8.48. The van der Waals surface area contributed by atoms with Crippen LogP contribution in [0.2, 0.25) is 0 Å². The van der Waals surface area contributed by atoms with Crippen molar-refractivity contribution in [3.63, 3.8) is 0 Å². The number of aromatic nitrogens is 1. The van der Waals surface area contributed by atoms with Crippen LogP contribution in [-0.2, 0) is 5.41 Å². The van der Waals surface area contributed by atoms with Crippen LogP contribution in [-0.4, -0.2) is 35.3 Å². The topological polar surface area (TPSA) is 69.1 Å². The maximum absolute atomic E-state index is 13.7. The summed E-state index contributed by atoms with van der Waals surface area (Å²) in [7, 11) is 1.69. The highest BCUT2D eigenvalue weighted by molar-refractivity contribution is 7.97. The normalized spacial score (nSPS) is 17.6. The molecule has 2 aromatic carbocycles. The molecule has 30 heavy (non-hydrogen) atoms. The van der Waals surface area contributed by atoms with Gasteiger partial charge in [-0.15, -0.1) is 0 Å². The number of ketones is 1. The Hall–Kier alpha value is -2.75. The number of hydrogen-bond donors (Lipinski definition) is 1. The summed E-state index contributed by atoms with van der Waals surface area (Å²) in [6.07, 6.45) is 2.41. The van der Waals surface area contributed by atoms with E-state index in [0.29, 0.717) is 11.1 Å². The summed E-state index contributed by atoms with van der Waals surface area (Å²) in [5, 5.41) is 10.1. The summed E-state index contributed by atoms with van der Waals surface area (Å²) < 4.78 is 8.06. The lowest BCUT2D eigenvalue weighted by molar-refractivity contribution is 0.103. The van der Waals surface area contributed by atoms with Gasteiger partial charge in [-0.3, -0.25) is 4.79 Å². The van der Waals surface area contributed by atoms with Crippen LogP contribution < -0.4 is 4.74 Å². The van der Waals surface area contributed by atoms with E-state index < -0.39 is 5.41 Å². The number of methoxy groups -OCH3 is 1. The Morgan fingerprint density at radius 2 is 1.97 bits per heavy atom. The molecule has 1 aliphatic heterocycles. The van der Waals surface area contributed by atoms with Crippen molar-refractivity contribution in [1.82, 2.24) is 9.29 Å². The maximum atomic E-state index is 13.7. The molecule has 1 aromatic heterocycles. The summed E-state index contributed by atoms with van der Waals surface area (Å²) in [5.74, 6) is 0.832. The summed E-state index contributed by atoms with van der Waals surface area (Å²) in [4.78, 5) is 18.1. The molecule has 0 saturated carbocycles. The van der Waals surface area contributed by atoms with Crippen LogP contribution >= 0.6 is 11.9 Å². The lowest BCUT2D eigenvalue weighted by atomic mass is 9.71. The largest absolute Gasteiger partial charge is 0.496 e. The van der Waals surface area contributed by atoms with Gasteiger partial charge < -0.3 is 9.72 Å². The third kappa shape index (κ3) is 2.77. The number of carbonyl (C=O) groups is 1. The number of fused-ring (bicyclic) bond motifs is 4. The van der Waals surface area contributed by atoms with Gasteiger partial charge >= 0.3 is 0 Å². The van der Waals surface area contributed by atoms with Gasteiger partial charge in [-0.1, -0.05) is 19.9 Å². The fraction of sp³-hybridized carbons (Fsp3) is 0.333. The molecule has 0 unspecified atom stereocenters. The summed E-state index contributed by atoms with van der Waals surface area (Å²) in [6.45, 7) is 6.37. The van der Waals surface area contributed by atoms with Crippen molar-refractivity contribution in [1.29, 1.82) is 5.26 Å². The SMILES string of the molecule is COc1cc2c(cc1SN1CCCC1)C(=O)c1c([nH]c3cc(C#N)ccc13)C2(C)C. The molecule has 3 aromatic rings. The van der Waals surface area contributed by atoms with Crippen molar-refractivity contribution < 1.29 is 9.53 Å². The number of aromatic amines is 1. The number of ether oxygens (including phenoxy) is 1. The highest BCUT2D eigenvalue weighted by Crippen LogP contribution is 2.47. The molecule has 1 fully saturated rings. The molecular formula is C24H23N3O2S. The average Bonchev–Trinajstić information content (AvgIpc) is 3.39. The number of hydrogen-bond acceptors (Lipinski definition) is 5. The minimum absolute atomic E-state index is 0.0289. The molecule has 5 nitrogen and oxygen atoms in total. The maximum Gasteiger partial charge on any atom is 0.195 e. The van der Waals surface area contributed by atoms with Crippen LogP contribution in [0, 0.1) is 11.3 Å². The molecule has 0 amide bonds. The first kappa shape index (κ1) is 19.2. The van der Waals surface area contributed by atoms with E-state index >= 15 is 0 Å². The van der Waals surface area contributed by atoms with Crippen molar-refractivity contribution in [2.75, 3.05) is 20.2 Å². The Morgan fingerprint density at radius 1 is 1.20 bits per heavy atom. The fourth-order valence-corrected chi connectivity index (χ4v) is 5.78. The van der Waals surface area contributed by atoms with Crippen molar-refractivity contribution in [2.24, 2.45) is 0 Å². The zero-order valence-electron chi connectivity index (χ0n) is 17.3. The van der Waals surface area contributed by atoms with Crippen LogP contribution in [0.25, 0.3) is 10.9 Å². The van der Waals surface area contributed by atoms with E-state index in [-0.39, 0.29) is 5.78 Å². The Morgan fingerprint density at radius 3 is 2.67 bits per heavy atom. The standard InChI is InChI=1S/C24H23N3O2S/c1-24(2)17-12-19(29-3)20(30-27-8-4-5-9-27)11-16(17)22(28)21-15-7-6-14(13-25)10-18(15)26-23(21)24/h6-7,10-12,26H,4-5,8-9H2,1-3H3. The smallest absolute Gasteiger partial charge is 0.195 e. The predicted molar refractivity (Wildman–Crippen MR) is 118 cm³/mol. The number of nitriles is 1. The fourth-order valence-electron chi connectivity index (χ4n) is 4.66. The van der Waals surface area contributed by atoms with E-state index in [2.05, 4.69) is 29.2 Å². The van der Waals surface area contributed by atoms with Gasteiger partial charge in [0.25, 0.3) is 0 Å². The zero-order chi connectivity index (χ0) is 21.0. The van der Waals surface area contributed by atoms with E-state index in [1.807, 2.05) is 24.3 Å². The third-order valence-corrected chi connectivity index (χ3v) is 7.43. The number of nitrogens with zero attached hydrogens (tertiary/aromatic N) is 2. The van der Waals surface area contributed by atoms with Gasteiger partial charge in [0.2, 0.25) is 0 Å². The van der Waals surface area contributed by atoms with E-state index in [9.17, 15) is 10.1 Å². The zero-order valence-corrected chi connectivity index (χ0v) is 18.2. The van der Waals surface area contributed by atoms with Crippen molar-refractivity contribution in [3.8, 4) is 11.8 Å². The summed E-state index contributed by atoms with van der Waals surface area (Å²) in [5.41, 5.74) is 4.33. The van der Waals surface area contributed by atoms with E-state index in [0.717, 1.165) is 51.5 Å². The quantitative estimate of drug-likeness (QED) is 0.606. The molecule has 0 atom stereocenters. The first-order valence-corrected chi connectivity index (χ1v) is 11.0. The molecule has 0 spiro atoms. The van der Waals surface area contributed by atoms with E-state index in [4.69, 9.17) is 4.74 Å². The highest BCUT2D eigenvalue weighted by atomic mass is 32.2. The number of benzene rings is 2. The van der Waals surface area contributed by atoms with Gasteiger partial charge in [0, 0.05) is 40.7 Å². The van der Waals surface area contributed by atoms with E-state index in [1.54, 1.807) is 25.1 Å². The molecule has 6 heteroatoms. The van der Waals surface area contributed by atoms with Gasteiger partial charge in [0.15, 0.2) is 5.78 Å². The van der Waals surface area contributed by atoms with Gasteiger partial charge in [0.1, 0.15) is 5.75 Å². The summed E-state index contributed by atoms with van der Waals surface area (Å²) in [6, 6.07) is 11.7. The molecular weight excluding hydrogens is 394 g/mol. The van der Waals surface area contributed by atoms with Gasteiger partial charge in [-0.25, -0.2) is 4.31 Å². The first-order valence-electron chi connectivity index (χ1n) is 10.2. The molecule has 1 N–H and O–H groups in total. The Labute approximate surface area is 180 Å². The Kier molecular flexibility index (Phi) is 4.42. The van der Waals surface area contributed by atoms with Crippen LogP contribution in [0.4, 0.5) is 0 Å². The molecule has 0 radical (unpaired) electrons. The van der Waals surface area contributed by atoms with Crippen molar-refractivity contribution >= 4 is 28.6 Å². The lowest BCUT2D eigenvalue weighted by Crippen LogP contribution is -2.30. The Bertz CT molecular complexity index is 1230. The first-order chi connectivity index (χ1) is 14.4. The van der Waals surface area contributed by atoms with Crippen LogP contribution in [0.15, 0.2) is 35.2 Å². The second-order valence-corrected chi connectivity index (χ2v) is 9.62. The molecule has 1 aliphatic carbocycles. The summed E-state index contributed by atoms with van der Waals surface area (Å²) >= 11 is 1.68. The van der Waals surface area contributed by atoms with Gasteiger partial charge in [0.05, 0.1) is 29.2 Å². The minimum atomic E-state index is -0.394. The third-order valence-electron chi connectivity index (χ3n) is 6.29. The van der Waals surface area contributed by atoms with Gasteiger partial charge in [-0.2, -0.15) is 5.26 Å². The van der Waals surface area contributed by atoms with Crippen molar-refractivity contribution in [3.05, 3.63) is 58.3 Å². The average molecular weight is 418 g/mol. The number of H-pyrrole nitrogens is 1. The highest BCUT2D eigenvalue weighted by Gasteiger charge is 2.40. The van der Waals surface area contributed by atoms with Crippen LogP contribution in [0.5, 0.6) is 5.75 Å². The van der Waals surface area contributed by atoms with Gasteiger partial charge in [-0.05, 0) is 54.6 Å². The van der Waals surface area contributed by atoms with Crippen LogP contribution in [0.3, 0.4) is 0 Å². The second kappa shape index (κ2) is 6.90. The Balaban J connectivity index is 1.69. The monoisotopic (exact) mass is 417 g/mol. The molecule has 5 rings (SSSR count). The molecule has 2 aliphatic rings. The molecule has 1 saturated heterocycles. The van der Waals surface area contributed by atoms with E-state index in [1.165, 1.54) is 12.8 Å².